The van der Waals surface area contributed by atoms with Gasteiger partial charge in [-0.25, -0.2) is 19.6 Å². The first-order chi connectivity index (χ1) is 12.5. The highest BCUT2D eigenvalue weighted by atomic mass is 32.1. The number of fused-ring (bicyclic) bond motifs is 1. The molecule has 0 bridgehead atoms. The Morgan fingerprint density at radius 3 is 2.50 bits per heavy atom. The SMILES string of the molecule is COC(=O)c1c(NC(=O)c2nccnc2C(=O)O)sc2c1CCCCC2. The molecule has 0 spiro atoms. The number of carboxylic acid groups (broad SMARTS) is 1. The van der Waals surface area contributed by atoms with Crippen LogP contribution >= 0.6 is 11.3 Å². The van der Waals surface area contributed by atoms with Gasteiger partial charge < -0.3 is 15.2 Å². The lowest BCUT2D eigenvalue weighted by atomic mass is 10.1. The summed E-state index contributed by atoms with van der Waals surface area (Å²) in [6.07, 6.45) is 7.11. The number of hydrogen-bond acceptors (Lipinski definition) is 7. The molecule has 0 saturated carbocycles. The smallest absolute Gasteiger partial charge is 0.356 e. The Labute approximate surface area is 153 Å². The molecule has 0 radical (unpaired) electrons. The van der Waals surface area contributed by atoms with Crippen LogP contribution in [0.4, 0.5) is 5.00 Å². The molecule has 9 heteroatoms. The standard InChI is InChI=1S/C17H17N3O5S/c1-25-17(24)11-9-5-3-2-4-6-10(9)26-15(11)20-14(21)12-13(16(22)23)19-8-7-18-12/h7-8H,2-6H2,1H3,(H,20,21)(H,22,23). The topological polar surface area (TPSA) is 118 Å². The molecule has 2 aromatic heterocycles. The molecule has 26 heavy (non-hydrogen) atoms. The highest BCUT2D eigenvalue weighted by Gasteiger charge is 2.28. The van der Waals surface area contributed by atoms with Crippen molar-refractivity contribution in [3.05, 3.63) is 39.8 Å². The van der Waals surface area contributed by atoms with Crippen LogP contribution in [0.5, 0.6) is 0 Å². The quantitative estimate of drug-likeness (QED) is 0.622. The maximum atomic E-state index is 12.6. The molecule has 136 valence electrons. The van der Waals surface area contributed by atoms with Gasteiger partial charge in [-0.15, -0.1) is 11.3 Å². The van der Waals surface area contributed by atoms with Gasteiger partial charge in [0.25, 0.3) is 5.91 Å². The number of hydrogen-bond donors (Lipinski definition) is 2. The molecule has 1 amide bonds. The minimum Gasteiger partial charge on any atom is -0.476 e. The Balaban J connectivity index is 1.99. The van der Waals surface area contributed by atoms with Crippen molar-refractivity contribution >= 4 is 34.2 Å². The number of nitrogens with zero attached hydrogens (tertiary/aromatic N) is 2. The maximum absolute atomic E-state index is 12.6. The van der Waals surface area contributed by atoms with E-state index >= 15 is 0 Å². The van der Waals surface area contributed by atoms with Gasteiger partial charge in [0.1, 0.15) is 5.00 Å². The van der Waals surface area contributed by atoms with Crippen molar-refractivity contribution in [3.63, 3.8) is 0 Å². The zero-order chi connectivity index (χ0) is 18.7. The van der Waals surface area contributed by atoms with Crippen molar-refractivity contribution in [1.82, 2.24) is 9.97 Å². The lowest BCUT2D eigenvalue weighted by Gasteiger charge is -2.08. The Morgan fingerprint density at radius 2 is 1.81 bits per heavy atom. The lowest BCUT2D eigenvalue weighted by molar-refractivity contribution is 0.0600. The van der Waals surface area contributed by atoms with Gasteiger partial charge in [-0.05, 0) is 31.2 Å². The second kappa shape index (κ2) is 7.61. The molecule has 1 aliphatic carbocycles. The number of methoxy groups -OCH3 is 1. The van der Waals surface area contributed by atoms with Crippen LogP contribution in [0.25, 0.3) is 0 Å². The average Bonchev–Trinajstić information content (AvgIpc) is 2.81. The second-order valence-corrected chi connectivity index (χ2v) is 6.88. The summed E-state index contributed by atoms with van der Waals surface area (Å²) in [6.45, 7) is 0. The van der Waals surface area contributed by atoms with E-state index in [9.17, 15) is 19.5 Å². The molecule has 2 N–H and O–H groups in total. The number of aromatic carboxylic acids is 1. The Hall–Kier alpha value is -2.81. The summed E-state index contributed by atoms with van der Waals surface area (Å²) in [4.78, 5) is 44.6. The summed E-state index contributed by atoms with van der Waals surface area (Å²) in [5.41, 5.74) is 0.512. The second-order valence-electron chi connectivity index (χ2n) is 5.77. The zero-order valence-electron chi connectivity index (χ0n) is 14.1. The third-order valence-electron chi connectivity index (χ3n) is 4.15. The third-order valence-corrected chi connectivity index (χ3v) is 5.36. The van der Waals surface area contributed by atoms with Crippen molar-refractivity contribution in [2.45, 2.75) is 32.1 Å². The van der Waals surface area contributed by atoms with Gasteiger partial charge in [-0.3, -0.25) is 4.79 Å². The van der Waals surface area contributed by atoms with Crippen LogP contribution in [0.2, 0.25) is 0 Å². The first-order valence-electron chi connectivity index (χ1n) is 8.11. The fourth-order valence-corrected chi connectivity index (χ4v) is 4.24. The molecule has 0 aliphatic heterocycles. The first-order valence-corrected chi connectivity index (χ1v) is 8.93. The van der Waals surface area contributed by atoms with Crippen molar-refractivity contribution in [1.29, 1.82) is 0 Å². The number of carboxylic acids is 1. The van der Waals surface area contributed by atoms with Gasteiger partial charge in [-0.2, -0.15) is 0 Å². The molecule has 0 saturated heterocycles. The van der Waals surface area contributed by atoms with Gasteiger partial charge in [-0.1, -0.05) is 6.42 Å². The number of thiophene rings is 1. The molecular formula is C17H17N3O5S. The average molecular weight is 375 g/mol. The highest BCUT2D eigenvalue weighted by Crippen LogP contribution is 2.38. The summed E-state index contributed by atoms with van der Waals surface area (Å²) in [5, 5.41) is 12.2. The number of anilines is 1. The zero-order valence-corrected chi connectivity index (χ0v) is 14.9. The number of esters is 1. The van der Waals surface area contributed by atoms with Gasteiger partial charge in [0.2, 0.25) is 0 Å². The molecule has 8 nitrogen and oxygen atoms in total. The number of carbonyl (C=O) groups is 3. The molecule has 3 rings (SSSR count). The van der Waals surface area contributed by atoms with Crippen LogP contribution in [0.3, 0.4) is 0 Å². The Morgan fingerprint density at radius 1 is 1.12 bits per heavy atom. The first kappa shape index (κ1) is 18.0. The van der Waals surface area contributed by atoms with Gasteiger partial charge >= 0.3 is 11.9 Å². The lowest BCUT2D eigenvalue weighted by Crippen LogP contribution is -2.20. The number of aryl methyl sites for hydroxylation is 1. The van der Waals surface area contributed by atoms with Gasteiger partial charge in [0.05, 0.1) is 12.7 Å². The molecular weight excluding hydrogens is 358 g/mol. The van der Waals surface area contributed by atoms with E-state index in [1.165, 1.54) is 30.8 Å². The molecule has 0 aromatic carbocycles. The Bertz CT molecular complexity index is 877. The largest absolute Gasteiger partial charge is 0.476 e. The van der Waals surface area contributed by atoms with E-state index in [2.05, 4.69) is 15.3 Å². The summed E-state index contributed by atoms with van der Waals surface area (Å²) >= 11 is 1.33. The van der Waals surface area contributed by atoms with Crippen molar-refractivity contribution in [3.8, 4) is 0 Å². The van der Waals surface area contributed by atoms with E-state index < -0.39 is 23.5 Å². The van der Waals surface area contributed by atoms with E-state index in [0.29, 0.717) is 10.6 Å². The van der Waals surface area contributed by atoms with Crippen LogP contribution in [0.15, 0.2) is 12.4 Å². The molecule has 0 fully saturated rings. The molecule has 1 aliphatic rings. The summed E-state index contributed by atoms with van der Waals surface area (Å²) in [6, 6.07) is 0. The fraction of sp³-hybridized carbons (Fsp3) is 0.353. The number of aromatic nitrogens is 2. The summed E-state index contributed by atoms with van der Waals surface area (Å²) in [5.74, 6) is -2.59. The van der Waals surface area contributed by atoms with Gasteiger partial charge in [0.15, 0.2) is 11.4 Å². The normalized spacial score (nSPS) is 13.4. The Kier molecular flexibility index (Phi) is 5.27. The van der Waals surface area contributed by atoms with Crippen molar-refractivity contribution in [2.24, 2.45) is 0 Å². The molecule has 0 unspecified atom stereocenters. The maximum Gasteiger partial charge on any atom is 0.356 e. The van der Waals surface area contributed by atoms with Crippen LogP contribution in [0, 0.1) is 0 Å². The minimum absolute atomic E-state index is 0.306. The highest BCUT2D eigenvalue weighted by molar-refractivity contribution is 7.17. The molecule has 0 atom stereocenters. The summed E-state index contributed by atoms with van der Waals surface area (Å²) < 4.78 is 4.89. The monoisotopic (exact) mass is 375 g/mol. The number of ether oxygens (including phenoxy) is 1. The third kappa shape index (κ3) is 3.43. The van der Waals surface area contributed by atoms with E-state index in [-0.39, 0.29) is 5.69 Å². The predicted octanol–water partition coefficient (Wildman–Crippen LogP) is 2.54. The van der Waals surface area contributed by atoms with Crippen LogP contribution in [-0.4, -0.2) is 40.0 Å². The van der Waals surface area contributed by atoms with E-state index in [0.717, 1.165) is 42.5 Å². The van der Waals surface area contributed by atoms with Gasteiger partial charge in [0, 0.05) is 17.3 Å². The number of carbonyl (C=O) groups excluding carboxylic acids is 2. The van der Waals surface area contributed by atoms with Crippen LogP contribution < -0.4 is 5.32 Å². The number of amides is 1. The van der Waals surface area contributed by atoms with Crippen molar-refractivity contribution in [2.75, 3.05) is 12.4 Å². The number of rotatable bonds is 4. The van der Waals surface area contributed by atoms with E-state index in [1.54, 1.807) is 0 Å². The van der Waals surface area contributed by atoms with E-state index in [1.807, 2.05) is 0 Å². The number of nitrogens with one attached hydrogen (secondary N) is 1. The van der Waals surface area contributed by atoms with E-state index in [4.69, 9.17) is 4.74 Å². The van der Waals surface area contributed by atoms with Crippen LogP contribution in [0.1, 0.15) is 61.0 Å². The molecule has 2 aromatic rings. The predicted molar refractivity (Wildman–Crippen MR) is 93.9 cm³/mol. The minimum atomic E-state index is -1.35. The van der Waals surface area contributed by atoms with Crippen LogP contribution in [-0.2, 0) is 17.6 Å². The fourth-order valence-electron chi connectivity index (χ4n) is 2.97. The van der Waals surface area contributed by atoms with Crippen molar-refractivity contribution < 1.29 is 24.2 Å². The molecule has 2 heterocycles. The summed E-state index contributed by atoms with van der Waals surface area (Å²) in [7, 11) is 1.29.